The summed E-state index contributed by atoms with van der Waals surface area (Å²) in [5.41, 5.74) is 5.32. The largest absolute Gasteiger partial charge is 0.494 e. The number of ether oxygens (including phenoxy) is 3. The van der Waals surface area contributed by atoms with Crippen molar-refractivity contribution in [2.75, 3.05) is 13.4 Å². The van der Waals surface area contributed by atoms with Crippen molar-refractivity contribution >= 4 is 17.6 Å². The fourth-order valence-corrected chi connectivity index (χ4v) is 5.75. The summed E-state index contributed by atoms with van der Waals surface area (Å²) in [7, 11) is 0. The van der Waals surface area contributed by atoms with E-state index in [1.807, 2.05) is 31.2 Å². The number of ketones is 1. The quantitative estimate of drug-likeness (QED) is 0.203. The minimum Gasteiger partial charge on any atom is -0.494 e. The Kier molecular flexibility index (Phi) is 9.94. The van der Waals surface area contributed by atoms with Crippen molar-refractivity contribution in [2.45, 2.75) is 57.9 Å². The van der Waals surface area contributed by atoms with Gasteiger partial charge in [-0.1, -0.05) is 42.0 Å². The number of benzene rings is 3. The molecule has 0 aromatic heterocycles. The van der Waals surface area contributed by atoms with Crippen LogP contribution >= 0.6 is 0 Å². The highest BCUT2D eigenvalue weighted by Gasteiger charge is 2.35. The molecule has 3 aromatic rings. The van der Waals surface area contributed by atoms with E-state index in [1.165, 1.54) is 5.56 Å². The molecule has 3 aliphatic rings. The second-order valence-electron chi connectivity index (χ2n) is 11.3. The topological polar surface area (TPSA) is 123 Å². The molecule has 0 radical (unpaired) electrons. The van der Waals surface area contributed by atoms with Crippen LogP contribution in [-0.4, -0.2) is 42.2 Å². The Hall–Kier alpha value is -4.37. The van der Waals surface area contributed by atoms with Crippen molar-refractivity contribution in [3.63, 3.8) is 0 Å². The Morgan fingerprint density at radius 3 is 2.49 bits per heavy atom. The molecule has 0 saturated carbocycles. The van der Waals surface area contributed by atoms with E-state index in [4.69, 9.17) is 14.2 Å². The molecule has 9 nitrogen and oxygen atoms in total. The zero-order valence-electron chi connectivity index (χ0n) is 24.3. The monoisotopic (exact) mass is 586 g/mol. The maximum Gasteiger partial charge on any atom is 0.247 e. The molecule has 6 rings (SSSR count). The van der Waals surface area contributed by atoms with Crippen molar-refractivity contribution in [2.24, 2.45) is 11.8 Å². The van der Waals surface area contributed by atoms with Gasteiger partial charge in [-0.3, -0.25) is 19.6 Å². The number of fused-ring (bicyclic) bond motifs is 13. The molecule has 3 aromatic carbocycles. The molecular weight excluding hydrogens is 548 g/mol. The van der Waals surface area contributed by atoms with Crippen molar-refractivity contribution in [3.05, 3.63) is 89.0 Å². The Bertz CT molecular complexity index is 1420. The minimum absolute atomic E-state index is 0.0835. The van der Waals surface area contributed by atoms with E-state index >= 15 is 0 Å². The van der Waals surface area contributed by atoms with E-state index in [1.54, 1.807) is 23.7 Å². The van der Waals surface area contributed by atoms with Crippen LogP contribution in [0, 0.1) is 18.8 Å². The lowest BCUT2D eigenvalue weighted by molar-refractivity contribution is -0.141. The third-order valence-electron chi connectivity index (χ3n) is 8.20. The van der Waals surface area contributed by atoms with E-state index in [9.17, 15) is 19.6 Å². The summed E-state index contributed by atoms with van der Waals surface area (Å²) in [6.45, 7) is 2.58. The molecule has 3 N–H and O–H groups in total. The lowest BCUT2D eigenvalue weighted by atomic mass is 9.82. The van der Waals surface area contributed by atoms with Gasteiger partial charge in [-0.05, 0) is 86.9 Å². The molecule has 9 heteroatoms. The maximum absolute atomic E-state index is 14.1. The normalized spacial score (nSPS) is 20.3. The van der Waals surface area contributed by atoms with Crippen LogP contribution in [0.1, 0.15) is 59.2 Å². The van der Waals surface area contributed by atoms with Gasteiger partial charge in [-0.15, -0.1) is 0 Å². The van der Waals surface area contributed by atoms with Gasteiger partial charge in [0, 0.05) is 17.9 Å². The number of nitrogens with one attached hydrogen (secondary N) is 2. The molecule has 2 unspecified atom stereocenters. The van der Waals surface area contributed by atoms with Crippen molar-refractivity contribution in [1.82, 2.24) is 10.8 Å². The zero-order chi connectivity index (χ0) is 30.2. The third-order valence-corrected chi connectivity index (χ3v) is 8.20. The molecule has 2 bridgehead atoms. The second-order valence-corrected chi connectivity index (χ2v) is 11.3. The molecule has 0 fully saturated rings. The number of aryl methyl sites for hydroxylation is 2. The van der Waals surface area contributed by atoms with Crippen molar-refractivity contribution in [3.8, 4) is 17.2 Å². The molecule has 0 spiro atoms. The van der Waals surface area contributed by atoms with Crippen LogP contribution < -0.4 is 25.0 Å². The molecule has 43 heavy (non-hydrogen) atoms. The fraction of sp³-hybridized carbons (Fsp3) is 0.382. The first-order valence-corrected chi connectivity index (χ1v) is 14.9. The lowest BCUT2D eigenvalue weighted by Crippen LogP contribution is -2.48. The summed E-state index contributed by atoms with van der Waals surface area (Å²) in [5, 5.41) is 12.6. The lowest BCUT2D eigenvalue weighted by Gasteiger charge is -2.27. The first-order valence-electron chi connectivity index (χ1n) is 14.9. The third kappa shape index (κ3) is 7.73. The summed E-state index contributed by atoms with van der Waals surface area (Å²) >= 11 is 0. The summed E-state index contributed by atoms with van der Waals surface area (Å²) < 4.78 is 16.8. The Labute approximate surface area is 251 Å². The summed E-state index contributed by atoms with van der Waals surface area (Å²) in [6.07, 6.45) is 3.73. The molecule has 3 atom stereocenters. The number of carbonyl (C=O) groups is 3. The summed E-state index contributed by atoms with van der Waals surface area (Å²) in [5.74, 6) is -1.06. The number of hydroxylamine groups is 1. The Balaban J connectivity index is 1.43. The van der Waals surface area contributed by atoms with Crippen molar-refractivity contribution < 1.29 is 33.8 Å². The van der Waals surface area contributed by atoms with E-state index in [2.05, 4.69) is 29.6 Å². The minimum atomic E-state index is -0.901. The SMILES string of the molecule is Cc1ccc(CCCC2C(=O)N[C@H](C(=O)c3ccc4c(c3)OCO4)Cc3ccc(cc3)OCCCCC2C(=O)NO)cc1. The van der Waals surface area contributed by atoms with Gasteiger partial charge in [0.15, 0.2) is 17.3 Å². The van der Waals surface area contributed by atoms with Gasteiger partial charge in [0.25, 0.3) is 0 Å². The van der Waals surface area contributed by atoms with Gasteiger partial charge in [0.05, 0.1) is 18.6 Å². The highest BCUT2D eigenvalue weighted by molar-refractivity contribution is 6.03. The molecular formula is C34H38N2O7. The van der Waals surface area contributed by atoms with Crippen molar-refractivity contribution in [1.29, 1.82) is 0 Å². The average molecular weight is 587 g/mol. The van der Waals surface area contributed by atoms with Gasteiger partial charge >= 0.3 is 0 Å². The number of hydrogen-bond acceptors (Lipinski definition) is 7. The Morgan fingerprint density at radius 2 is 1.72 bits per heavy atom. The van der Waals surface area contributed by atoms with Gasteiger partial charge in [-0.25, -0.2) is 5.48 Å². The smallest absolute Gasteiger partial charge is 0.247 e. The van der Waals surface area contributed by atoms with E-state index in [0.717, 1.165) is 17.5 Å². The van der Waals surface area contributed by atoms with Gasteiger partial charge in [0.2, 0.25) is 18.6 Å². The second kappa shape index (κ2) is 14.2. The molecule has 3 heterocycles. The van der Waals surface area contributed by atoms with Gasteiger partial charge in [-0.2, -0.15) is 0 Å². The maximum atomic E-state index is 14.1. The van der Waals surface area contributed by atoms with Crippen LogP contribution in [0.5, 0.6) is 17.2 Å². The number of carbonyl (C=O) groups excluding carboxylic acids is 3. The van der Waals surface area contributed by atoms with Crippen LogP contribution in [0.3, 0.4) is 0 Å². The van der Waals surface area contributed by atoms with E-state index in [0.29, 0.717) is 61.5 Å². The van der Waals surface area contributed by atoms with Crippen LogP contribution in [0.2, 0.25) is 0 Å². The zero-order valence-corrected chi connectivity index (χ0v) is 24.3. The Morgan fingerprint density at radius 1 is 0.953 bits per heavy atom. The van der Waals surface area contributed by atoms with Crippen LogP contribution in [0.25, 0.3) is 0 Å². The molecule has 226 valence electrons. The van der Waals surface area contributed by atoms with Crippen LogP contribution in [0.15, 0.2) is 66.7 Å². The first-order chi connectivity index (χ1) is 20.9. The van der Waals surface area contributed by atoms with Gasteiger partial charge in [0.1, 0.15) is 5.75 Å². The van der Waals surface area contributed by atoms with E-state index < -0.39 is 23.8 Å². The predicted octanol–water partition coefficient (Wildman–Crippen LogP) is 4.96. The number of Topliss-reactive ketones (excluding diaryl/α,β-unsaturated/α-hetero) is 1. The summed E-state index contributed by atoms with van der Waals surface area (Å²) in [6, 6.07) is 19.8. The van der Waals surface area contributed by atoms with Crippen LogP contribution in [0.4, 0.5) is 0 Å². The van der Waals surface area contributed by atoms with E-state index in [-0.39, 0.29) is 24.9 Å². The number of hydrogen-bond donors (Lipinski definition) is 3. The van der Waals surface area contributed by atoms with Gasteiger partial charge < -0.3 is 19.5 Å². The molecule has 3 aliphatic heterocycles. The fourth-order valence-electron chi connectivity index (χ4n) is 5.75. The molecule has 0 saturated heterocycles. The highest BCUT2D eigenvalue weighted by atomic mass is 16.7. The highest BCUT2D eigenvalue weighted by Crippen LogP contribution is 2.33. The standard InChI is InChI=1S/C34H38N2O7/c1-22-8-10-23(11-9-22)5-4-7-27-28(34(39)36-40)6-2-3-18-41-26-15-12-24(13-16-26)19-29(35-33(27)38)32(37)25-14-17-30-31(20-25)43-21-42-30/h8-17,20,27-29,40H,2-7,18-19,21H2,1H3,(H,35,38)(H,36,39)/t27?,28?,29-/m0/s1. The number of rotatable bonds is 7. The number of amides is 2. The first kappa shape index (κ1) is 30.1. The molecule has 2 amide bonds. The van der Waals surface area contributed by atoms with Crippen LogP contribution in [-0.2, 0) is 22.4 Å². The molecule has 0 aliphatic carbocycles. The predicted molar refractivity (Wildman–Crippen MR) is 159 cm³/mol. The average Bonchev–Trinajstić information content (AvgIpc) is 3.50. The summed E-state index contributed by atoms with van der Waals surface area (Å²) in [4.78, 5) is 40.9.